The minimum Gasteiger partial charge on any atom is -0.497 e. The van der Waals surface area contributed by atoms with E-state index in [0.717, 1.165) is 17.9 Å². The second kappa shape index (κ2) is 6.25. The summed E-state index contributed by atoms with van der Waals surface area (Å²) in [5.74, 6) is 1.76. The summed E-state index contributed by atoms with van der Waals surface area (Å²) < 4.78 is 10.3. The van der Waals surface area contributed by atoms with Crippen molar-refractivity contribution in [3.63, 3.8) is 0 Å². The van der Waals surface area contributed by atoms with Crippen LogP contribution in [0.4, 0.5) is 0 Å². The molecule has 0 aliphatic carbocycles. The van der Waals surface area contributed by atoms with E-state index in [1.807, 2.05) is 24.3 Å². The first-order valence-corrected chi connectivity index (χ1v) is 6.33. The summed E-state index contributed by atoms with van der Waals surface area (Å²) in [4.78, 5) is 0. The van der Waals surface area contributed by atoms with E-state index in [1.165, 1.54) is 11.1 Å². The number of hydrogen-bond acceptors (Lipinski definition) is 2. The molecule has 2 rings (SSSR count). The first-order valence-electron chi connectivity index (χ1n) is 6.33. The smallest absolute Gasteiger partial charge is 0.118 e. The van der Waals surface area contributed by atoms with Crippen LogP contribution in [-0.4, -0.2) is 14.2 Å². The molecule has 3 heteroatoms. The predicted molar refractivity (Wildman–Crippen MR) is 75.3 cm³/mol. The zero-order valence-corrected chi connectivity index (χ0v) is 11.4. The highest BCUT2D eigenvalue weighted by atomic mass is 16.5. The first kappa shape index (κ1) is 13.4. The molecule has 3 nitrogen and oxygen atoms in total. The minimum absolute atomic E-state index is 0.235. The van der Waals surface area contributed by atoms with Crippen LogP contribution >= 0.6 is 0 Å². The summed E-state index contributed by atoms with van der Waals surface area (Å²) in [6, 6.07) is 16.5. The van der Waals surface area contributed by atoms with Crippen molar-refractivity contribution in [1.82, 2.24) is 0 Å². The molecule has 2 aromatic rings. The van der Waals surface area contributed by atoms with Crippen LogP contribution in [-0.2, 0) is 6.42 Å². The third kappa shape index (κ3) is 3.48. The minimum atomic E-state index is 0.235. The van der Waals surface area contributed by atoms with Gasteiger partial charge in [0.1, 0.15) is 17.5 Å². The highest BCUT2D eigenvalue weighted by molar-refractivity contribution is 5.31. The van der Waals surface area contributed by atoms with E-state index in [2.05, 4.69) is 30.0 Å². The Bertz CT molecular complexity index is 505. The van der Waals surface area contributed by atoms with Crippen LogP contribution in [0.1, 0.15) is 17.2 Å². The van der Waals surface area contributed by atoms with Gasteiger partial charge in [-0.1, -0.05) is 12.1 Å². The Labute approximate surface area is 114 Å². The molecule has 0 fully saturated rings. The fraction of sp³-hybridized carbons (Fsp3) is 0.250. The quantitative estimate of drug-likeness (QED) is 0.894. The summed E-state index contributed by atoms with van der Waals surface area (Å²) >= 11 is 0. The van der Waals surface area contributed by atoms with Gasteiger partial charge in [-0.3, -0.25) is 0 Å². The van der Waals surface area contributed by atoms with Gasteiger partial charge in [0.25, 0.3) is 0 Å². The molecule has 0 saturated carbocycles. The van der Waals surface area contributed by atoms with Crippen LogP contribution in [0, 0.1) is 0 Å². The van der Waals surface area contributed by atoms with E-state index in [9.17, 15) is 0 Å². The normalized spacial score (nSPS) is 11.9. The Balaban J connectivity index is 2.04. The van der Waals surface area contributed by atoms with Crippen LogP contribution in [0.3, 0.4) is 0 Å². The standard InChI is InChI=1S/C16H19NO2/c1-18-14-7-3-12(4-8-14)11-16(17)13-5-9-15(19-2)10-6-13/h3-10,16H,11,17H2,1-2H3/p+1/t16-/m1/s1. The molecule has 0 unspecified atom stereocenters. The topological polar surface area (TPSA) is 46.1 Å². The molecule has 0 radical (unpaired) electrons. The molecule has 0 aliphatic heterocycles. The fourth-order valence-corrected chi connectivity index (χ4v) is 2.04. The monoisotopic (exact) mass is 258 g/mol. The largest absolute Gasteiger partial charge is 0.497 e. The van der Waals surface area contributed by atoms with Crippen molar-refractivity contribution in [2.45, 2.75) is 12.5 Å². The van der Waals surface area contributed by atoms with Gasteiger partial charge in [0.2, 0.25) is 0 Å². The van der Waals surface area contributed by atoms with Gasteiger partial charge < -0.3 is 15.2 Å². The van der Waals surface area contributed by atoms with Gasteiger partial charge in [-0.15, -0.1) is 0 Å². The van der Waals surface area contributed by atoms with Crippen LogP contribution in [0.2, 0.25) is 0 Å². The van der Waals surface area contributed by atoms with E-state index < -0.39 is 0 Å². The first-order chi connectivity index (χ1) is 9.22. The fourth-order valence-electron chi connectivity index (χ4n) is 2.04. The van der Waals surface area contributed by atoms with Crippen molar-refractivity contribution in [1.29, 1.82) is 0 Å². The maximum Gasteiger partial charge on any atom is 0.118 e. The molecule has 0 aromatic heterocycles. The molecular formula is C16H20NO2+. The molecule has 0 spiro atoms. The Morgan fingerprint density at radius 2 is 1.32 bits per heavy atom. The maximum atomic E-state index is 5.16. The Morgan fingerprint density at radius 1 is 0.842 bits per heavy atom. The van der Waals surface area contributed by atoms with E-state index in [4.69, 9.17) is 9.47 Å². The molecule has 0 heterocycles. The van der Waals surface area contributed by atoms with Crippen molar-refractivity contribution in [3.8, 4) is 11.5 Å². The van der Waals surface area contributed by atoms with Crippen molar-refractivity contribution in [2.75, 3.05) is 14.2 Å². The Morgan fingerprint density at radius 3 is 1.79 bits per heavy atom. The zero-order valence-electron chi connectivity index (χ0n) is 11.4. The van der Waals surface area contributed by atoms with Gasteiger partial charge >= 0.3 is 0 Å². The Kier molecular flexibility index (Phi) is 4.42. The van der Waals surface area contributed by atoms with E-state index in [0.29, 0.717) is 0 Å². The van der Waals surface area contributed by atoms with Crippen molar-refractivity contribution < 1.29 is 15.2 Å². The number of ether oxygens (including phenoxy) is 2. The highest BCUT2D eigenvalue weighted by Gasteiger charge is 2.10. The lowest BCUT2D eigenvalue weighted by Gasteiger charge is -2.10. The summed E-state index contributed by atoms with van der Waals surface area (Å²) in [6.45, 7) is 0. The van der Waals surface area contributed by atoms with Gasteiger partial charge in [-0.2, -0.15) is 0 Å². The third-order valence-electron chi connectivity index (χ3n) is 3.23. The molecule has 0 saturated heterocycles. The van der Waals surface area contributed by atoms with E-state index >= 15 is 0 Å². The lowest BCUT2D eigenvalue weighted by Crippen LogP contribution is -2.54. The van der Waals surface area contributed by atoms with Crippen molar-refractivity contribution >= 4 is 0 Å². The van der Waals surface area contributed by atoms with Crippen LogP contribution in [0.25, 0.3) is 0 Å². The van der Waals surface area contributed by atoms with Gasteiger partial charge in [0.05, 0.1) is 14.2 Å². The molecule has 0 amide bonds. The molecule has 100 valence electrons. The van der Waals surface area contributed by atoms with Gasteiger partial charge in [-0.05, 0) is 42.0 Å². The molecular weight excluding hydrogens is 238 g/mol. The maximum absolute atomic E-state index is 5.16. The summed E-state index contributed by atoms with van der Waals surface area (Å²) in [5.41, 5.74) is 6.71. The number of hydrogen-bond donors (Lipinski definition) is 1. The predicted octanol–water partition coefficient (Wildman–Crippen LogP) is 2.23. The second-order valence-electron chi connectivity index (χ2n) is 4.52. The average Bonchev–Trinajstić information content (AvgIpc) is 2.48. The third-order valence-corrected chi connectivity index (χ3v) is 3.23. The van der Waals surface area contributed by atoms with Crippen LogP contribution in [0.5, 0.6) is 11.5 Å². The summed E-state index contributed by atoms with van der Waals surface area (Å²) in [6.07, 6.45) is 0.913. The number of quaternary nitrogens is 1. The number of rotatable bonds is 5. The van der Waals surface area contributed by atoms with E-state index in [-0.39, 0.29) is 6.04 Å². The highest BCUT2D eigenvalue weighted by Crippen LogP contribution is 2.19. The van der Waals surface area contributed by atoms with Crippen LogP contribution < -0.4 is 15.2 Å². The average molecular weight is 258 g/mol. The molecule has 0 bridgehead atoms. The number of methoxy groups -OCH3 is 2. The van der Waals surface area contributed by atoms with Gasteiger partial charge in [0.15, 0.2) is 0 Å². The summed E-state index contributed by atoms with van der Waals surface area (Å²) in [7, 11) is 3.35. The zero-order chi connectivity index (χ0) is 13.7. The molecule has 19 heavy (non-hydrogen) atoms. The van der Waals surface area contributed by atoms with Crippen molar-refractivity contribution in [3.05, 3.63) is 59.7 Å². The van der Waals surface area contributed by atoms with E-state index in [1.54, 1.807) is 14.2 Å². The molecule has 3 N–H and O–H groups in total. The Hall–Kier alpha value is -2.00. The van der Waals surface area contributed by atoms with Crippen molar-refractivity contribution in [2.24, 2.45) is 0 Å². The molecule has 0 aliphatic rings. The lowest BCUT2D eigenvalue weighted by atomic mass is 9.99. The van der Waals surface area contributed by atoms with Crippen LogP contribution in [0.15, 0.2) is 48.5 Å². The van der Waals surface area contributed by atoms with Gasteiger partial charge in [-0.25, -0.2) is 0 Å². The number of benzene rings is 2. The molecule has 1 atom stereocenters. The second-order valence-corrected chi connectivity index (χ2v) is 4.52. The molecule has 2 aromatic carbocycles. The SMILES string of the molecule is COc1ccc(C[C@@H]([NH3+])c2ccc(OC)cc2)cc1. The lowest BCUT2D eigenvalue weighted by molar-refractivity contribution is -0.426. The summed E-state index contributed by atoms with van der Waals surface area (Å²) in [5, 5.41) is 0. The van der Waals surface area contributed by atoms with Gasteiger partial charge in [0, 0.05) is 12.0 Å².